The number of nitrogens with one attached hydrogen (secondary N) is 1. The smallest absolute Gasteiger partial charge is 0.222 e. The van der Waals surface area contributed by atoms with E-state index in [0.29, 0.717) is 19.0 Å². The molecular formula is C12H26N2O2. The van der Waals surface area contributed by atoms with E-state index in [-0.39, 0.29) is 18.4 Å². The average molecular weight is 230 g/mol. The van der Waals surface area contributed by atoms with Crippen LogP contribution in [0.5, 0.6) is 0 Å². The highest BCUT2D eigenvalue weighted by Crippen LogP contribution is 2.08. The Morgan fingerprint density at radius 2 is 2.12 bits per heavy atom. The molecule has 2 atom stereocenters. The predicted octanol–water partition coefficient (Wildman–Crippen LogP) is 0.886. The molecule has 0 aliphatic heterocycles. The molecule has 0 saturated carbocycles. The molecule has 0 aromatic heterocycles. The topological polar surface area (TPSA) is 75.3 Å². The van der Waals surface area contributed by atoms with Gasteiger partial charge in [0, 0.05) is 19.1 Å². The standard InChI is InChI=1S/C12H26N2O2/c1-3-11(6-8-15)9-14-12(16)10(2)5-4-7-13/h10-11,15H,3-9,13H2,1-2H3,(H,14,16). The molecule has 0 aromatic carbocycles. The van der Waals surface area contributed by atoms with Crippen molar-refractivity contribution in [2.45, 2.75) is 39.5 Å². The summed E-state index contributed by atoms with van der Waals surface area (Å²) in [5.74, 6) is 0.524. The number of carbonyl (C=O) groups excluding carboxylic acids is 1. The summed E-state index contributed by atoms with van der Waals surface area (Å²) < 4.78 is 0. The molecule has 4 heteroatoms. The van der Waals surface area contributed by atoms with Crippen molar-refractivity contribution in [3.05, 3.63) is 0 Å². The van der Waals surface area contributed by atoms with Gasteiger partial charge in [0.25, 0.3) is 0 Å². The van der Waals surface area contributed by atoms with Gasteiger partial charge in [0.1, 0.15) is 0 Å². The van der Waals surface area contributed by atoms with Crippen LogP contribution in [-0.4, -0.2) is 30.7 Å². The number of aliphatic hydroxyl groups excluding tert-OH is 1. The van der Waals surface area contributed by atoms with Crippen molar-refractivity contribution in [3.63, 3.8) is 0 Å². The van der Waals surface area contributed by atoms with Crippen molar-refractivity contribution in [2.75, 3.05) is 19.7 Å². The minimum atomic E-state index is 0.0372. The highest BCUT2D eigenvalue weighted by molar-refractivity contribution is 5.78. The molecule has 0 radical (unpaired) electrons. The highest BCUT2D eigenvalue weighted by atomic mass is 16.3. The summed E-state index contributed by atoms with van der Waals surface area (Å²) in [5.41, 5.74) is 5.40. The SMILES string of the molecule is CCC(CCO)CNC(=O)C(C)CCCN. The van der Waals surface area contributed by atoms with Gasteiger partial charge in [-0.3, -0.25) is 4.79 Å². The fourth-order valence-electron chi connectivity index (χ4n) is 1.61. The molecular weight excluding hydrogens is 204 g/mol. The first-order valence-corrected chi connectivity index (χ1v) is 6.24. The molecule has 96 valence electrons. The molecule has 0 aliphatic rings. The Morgan fingerprint density at radius 1 is 1.44 bits per heavy atom. The summed E-state index contributed by atoms with van der Waals surface area (Å²) in [6, 6.07) is 0. The van der Waals surface area contributed by atoms with E-state index in [1.165, 1.54) is 0 Å². The van der Waals surface area contributed by atoms with Crippen LogP contribution in [0.3, 0.4) is 0 Å². The quantitative estimate of drug-likeness (QED) is 0.550. The lowest BCUT2D eigenvalue weighted by molar-refractivity contribution is -0.124. The summed E-state index contributed by atoms with van der Waals surface area (Å²) >= 11 is 0. The van der Waals surface area contributed by atoms with Gasteiger partial charge < -0.3 is 16.2 Å². The minimum absolute atomic E-state index is 0.0372. The third kappa shape index (κ3) is 6.80. The molecule has 2 unspecified atom stereocenters. The molecule has 0 aliphatic carbocycles. The van der Waals surface area contributed by atoms with E-state index in [0.717, 1.165) is 25.7 Å². The fraction of sp³-hybridized carbons (Fsp3) is 0.917. The van der Waals surface area contributed by atoms with Gasteiger partial charge >= 0.3 is 0 Å². The number of hydrogen-bond acceptors (Lipinski definition) is 3. The number of aliphatic hydroxyl groups is 1. The number of nitrogens with two attached hydrogens (primary N) is 1. The van der Waals surface area contributed by atoms with Gasteiger partial charge in [-0.1, -0.05) is 20.3 Å². The van der Waals surface area contributed by atoms with E-state index in [1.807, 2.05) is 6.92 Å². The van der Waals surface area contributed by atoms with E-state index in [2.05, 4.69) is 12.2 Å². The second kappa shape index (κ2) is 9.60. The Hall–Kier alpha value is -0.610. The van der Waals surface area contributed by atoms with Crippen LogP contribution in [0.25, 0.3) is 0 Å². The Bertz CT molecular complexity index is 186. The maximum atomic E-state index is 11.7. The van der Waals surface area contributed by atoms with Gasteiger partial charge in [-0.05, 0) is 31.7 Å². The van der Waals surface area contributed by atoms with Gasteiger partial charge in [0.05, 0.1) is 0 Å². The van der Waals surface area contributed by atoms with Crippen molar-refractivity contribution < 1.29 is 9.90 Å². The lowest BCUT2D eigenvalue weighted by Gasteiger charge is -2.16. The van der Waals surface area contributed by atoms with Crippen LogP contribution < -0.4 is 11.1 Å². The first kappa shape index (κ1) is 15.4. The second-order valence-electron chi connectivity index (χ2n) is 4.36. The summed E-state index contributed by atoms with van der Waals surface area (Å²) in [5, 5.41) is 11.8. The first-order valence-electron chi connectivity index (χ1n) is 6.24. The summed E-state index contributed by atoms with van der Waals surface area (Å²) in [6.07, 6.45) is 3.48. The first-order chi connectivity index (χ1) is 7.65. The van der Waals surface area contributed by atoms with Crippen molar-refractivity contribution in [3.8, 4) is 0 Å². The normalized spacial score (nSPS) is 14.5. The molecule has 4 nitrogen and oxygen atoms in total. The van der Waals surface area contributed by atoms with Crippen LogP contribution in [0.1, 0.15) is 39.5 Å². The van der Waals surface area contributed by atoms with Gasteiger partial charge in [0.2, 0.25) is 5.91 Å². The van der Waals surface area contributed by atoms with E-state index < -0.39 is 0 Å². The van der Waals surface area contributed by atoms with Crippen LogP contribution in [0.2, 0.25) is 0 Å². The Kier molecular flexibility index (Phi) is 9.24. The Balaban J connectivity index is 3.76. The largest absolute Gasteiger partial charge is 0.396 e. The maximum absolute atomic E-state index is 11.7. The number of hydrogen-bond donors (Lipinski definition) is 3. The maximum Gasteiger partial charge on any atom is 0.222 e. The lowest BCUT2D eigenvalue weighted by atomic mass is 10.0. The van der Waals surface area contributed by atoms with Gasteiger partial charge in [-0.2, -0.15) is 0 Å². The zero-order chi connectivity index (χ0) is 12.4. The molecule has 0 spiro atoms. The molecule has 0 bridgehead atoms. The highest BCUT2D eigenvalue weighted by Gasteiger charge is 2.13. The average Bonchev–Trinajstić information content (AvgIpc) is 2.30. The molecule has 0 fully saturated rings. The predicted molar refractivity (Wildman–Crippen MR) is 65.9 cm³/mol. The molecule has 0 heterocycles. The third-order valence-electron chi connectivity index (χ3n) is 2.97. The summed E-state index contributed by atoms with van der Waals surface area (Å²) in [4.78, 5) is 11.7. The van der Waals surface area contributed by atoms with Crippen molar-refractivity contribution in [2.24, 2.45) is 17.6 Å². The van der Waals surface area contributed by atoms with Gasteiger partial charge in [-0.25, -0.2) is 0 Å². The number of carbonyl (C=O) groups is 1. The monoisotopic (exact) mass is 230 g/mol. The van der Waals surface area contributed by atoms with E-state index in [4.69, 9.17) is 10.8 Å². The molecule has 0 rings (SSSR count). The molecule has 4 N–H and O–H groups in total. The summed E-state index contributed by atoms with van der Waals surface area (Å²) in [6.45, 7) is 5.50. The van der Waals surface area contributed by atoms with Crippen molar-refractivity contribution >= 4 is 5.91 Å². The zero-order valence-electron chi connectivity index (χ0n) is 10.5. The second-order valence-corrected chi connectivity index (χ2v) is 4.36. The Morgan fingerprint density at radius 3 is 2.62 bits per heavy atom. The van der Waals surface area contributed by atoms with Gasteiger partial charge in [-0.15, -0.1) is 0 Å². The lowest BCUT2D eigenvalue weighted by Crippen LogP contribution is -2.33. The number of rotatable bonds is 9. The van der Waals surface area contributed by atoms with E-state index in [1.54, 1.807) is 0 Å². The van der Waals surface area contributed by atoms with Crippen LogP contribution in [0, 0.1) is 11.8 Å². The number of amides is 1. The van der Waals surface area contributed by atoms with E-state index >= 15 is 0 Å². The van der Waals surface area contributed by atoms with Crippen LogP contribution in [0.4, 0.5) is 0 Å². The van der Waals surface area contributed by atoms with Crippen molar-refractivity contribution in [1.29, 1.82) is 0 Å². The molecule has 1 amide bonds. The Labute approximate surface area is 98.6 Å². The van der Waals surface area contributed by atoms with Crippen LogP contribution in [0.15, 0.2) is 0 Å². The molecule has 0 aromatic rings. The third-order valence-corrected chi connectivity index (χ3v) is 2.97. The molecule has 16 heavy (non-hydrogen) atoms. The fourth-order valence-corrected chi connectivity index (χ4v) is 1.61. The minimum Gasteiger partial charge on any atom is -0.396 e. The van der Waals surface area contributed by atoms with Crippen LogP contribution in [-0.2, 0) is 4.79 Å². The van der Waals surface area contributed by atoms with Crippen molar-refractivity contribution in [1.82, 2.24) is 5.32 Å². The molecule has 0 saturated heterocycles. The van der Waals surface area contributed by atoms with Crippen LogP contribution >= 0.6 is 0 Å². The summed E-state index contributed by atoms with van der Waals surface area (Å²) in [7, 11) is 0. The zero-order valence-corrected chi connectivity index (χ0v) is 10.5. The van der Waals surface area contributed by atoms with Gasteiger partial charge in [0.15, 0.2) is 0 Å². The van der Waals surface area contributed by atoms with E-state index in [9.17, 15) is 4.79 Å².